The third-order valence-electron chi connectivity index (χ3n) is 2.71. The van der Waals surface area contributed by atoms with Crippen LogP contribution in [0.15, 0.2) is 48.5 Å². The molecule has 0 spiro atoms. The molecule has 0 heterocycles. The van der Waals surface area contributed by atoms with Gasteiger partial charge in [-0.1, -0.05) is 63.4 Å². The Hall–Kier alpha value is -1.56. The maximum atomic E-state index is 2.22. The fraction of sp³-hybridized carbons (Fsp3) is 0.200. The maximum absolute atomic E-state index is 2.22. The average molecular weight is 198 g/mol. The molecular formula is C15H18. The summed E-state index contributed by atoms with van der Waals surface area (Å²) < 4.78 is 0. The molecule has 0 saturated carbocycles. The Kier molecular flexibility index (Phi) is 3.31. The molecule has 0 N–H and O–H groups in total. The van der Waals surface area contributed by atoms with Gasteiger partial charge in [0, 0.05) is 0 Å². The van der Waals surface area contributed by atoms with Crippen molar-refractivity contribution in [2.75, 3.05) is 0 Å². The van der Waals surface area contributed by atoms with Gasteiger partial charge in [-0.05, 0) is 28.7 Å². The third kappa shape index (κ3) is 1.68. The van der Waals surface area contributed by atoms with Crippen molar-refractivity contribution in [3.05, 3.63) is 59.7 Å². The van der Waals surface area contributed by atoms with E-state index in [1.54, 1.807) is 0 Å². The minimum Gasteiger partial charge on any atom is -0.0776 e. The summed E-state index contributed by atoms with van der Waals surface area (Å²) in [7, 11) is 0. The lowest BCUT2D eigenvalue weighted by atomic mass is 10.1. The van der Waals surface area contributed by atoms with Gasteiger partial charge in [0.25, 0.3) is 0 Å². The first-order chi connectivity index (χ1) is 6.45. The molecule has 0 radical (unpaired) electrons. The molecule has 2 aromatic carbocycles. The van der Waals surface area contributed by atoms with Gasteiger partial charge in [0.1, 0.15) is 0 Å². The quantitative estimate of drug-likeness (QED) is 0.498. The fourth-order valence-corrected chi connectivity index (χ4v) is 2.08. The molecule has 1 aliphatic carbocycles. The number of rotatable bonds is 0. The zero-order chi connectivity index (χ0) is 8.67. The number of benzene rings is 2. The molecule has 0 bridgehead atoms. The van der Waals surface area contributed by atoms with Crippen molar-refractivity contribution in [3.63, 3.8) is 0 Å². The van der Waals surface area contributed by atoms with Gasteiger partial charge in [0.15, 0.2) is 0 Å². The summed E-state index contributed by atoms with van der Waals surface area (Å²) in [5.41, 5.74) is 5.75. The van der Waals surface area contributed by atoms with Crippen molar-refractivity contribution in [1.82, 2.24) is 0 Å². The van der Waals surface area contributed by atoms with Crippen molar-refractivity contribution in [3.8, 4) is 11.1 Å². The Morgan fingerprint density at radius 3 is 1.47 bits per heavy atom. The van der Waals surface area contributed by atoms with Crippen LogP contribution in [-0.2, 0) is 6.42 Å². The largest absolute Gasteiger partial charge is 0.0776 e. The topological polar surface area (TPSA) is 0 Å². The highest BCUT2D eigenvalue weighted by Gasteiger charge is 2.15. The van der Waals surface area contributed by atoms with Gasteiger partial charge in [0.05, 0.1) is 0 Å². The van der Waals surface area contributed by atoms with Crippen LogP contribution in [0, 0.1) is 0 Å². The van der Waals surface area contributed by atoms with Gasteiger partial charge in [-0.3, -0.25) is 0 Å². The van der Waals surface area contributed by atoms with Gasteiger partial charge in [0.2, 0.25) is 0 Å². The summed E-state index contributed by atoms with van der Waals surface area (Å²) in [5.74, 6) is 0. The number of fused-ring (bicyclic) bond motifs is 3. The Labute approximate surface area is 92.6 Å². The van der Waals surface area contributed by atoms with Crippen molar-refractivity contribution >= 4 is 0 Å². The van der Waals surface area contributed by atoms with Crippen LogP contribution in [0.2, 0.25) is 0 Å². The van der Waals surface area contributed by atoms with E-state index in [4.69, 9.17) is 0 Å². The Bertz CT molecular complexity index is 412. The molecule has 0 unspecified atom stereocenters. The smallest absolute Gasteiger partial charge is 0.00135 e. The van der Waals surface area contributed by atoms with E-state index in [0.717, 1.165) is 6.42 Å². The molecule has 15 heavy (non-hydrogen) atoms. The Morgan fingerprint density at radius 2 is 1.00 bits per heavy atom. The summed E-state index contributed by atoms with van der Waals surface area (Å²) >= 11 is 0. The van der Waals surface area contributed by atoms with E-state index in [-0.39, 0.29) is 14.9 Å². The van der Waals surface area contributed by atoms with Crippen molar-refractivity contribution in [2.24, 2.45) is 0 Å². The first-order valence-electron chi connectivity index (χ1n) is 4.61. The molecule has 78 valence electrons. The molecule has 0 aromatic heterocycles. The lowest BCUT2D eigenvalue weighted by Gasteiger charge is -1.98. The summed E-state index contributed by atoms with van der Waals surface area (Å²) in [5, 5.41) is 0. The van der Waals surface area contributed by atoms with Gasteiger partial charge in [-0.25, -0.2) is 0 Å². The molecule has 1 aliphatic rings. The first-order valence-corrected chi connectivity index (χ1v) is 4.61. The molecule has 0 fully saturated rings. The van der Waals surface area contributed by atoms with E-state index in [9.17, 15) is 0 Å². The summed E-state index contributed by atoms with van der Waals surface area (Å²) in [6, 6.07) is 17.3. The molecule has 3 rings (SSSR count). The van der Waals surface area contributed by atoms with Crippen LogP contribution in [0.5, 0.6) is 0 Å². The van der Waals surface area contributed by atoms with Crippen molar-refractivity contribution in [1.29, 1.82) is 0 Å². The molecule has 0 saturated heterocycles. The van der Waals surface area contributed by atoms with Crippen molar-refractivity contribution < 1.29 is 0 Å². The van der Waals surface area contributed by atoms with Crippen molar-refractivity contribution in [2.45, 2.75) is 21.3 Å². The Balaban J connectivity index is 0.000000562. The first kappa shape index (κ1) is 11.5. The van der Waals surface area contributed by atoms with E-state index >= 15 is 0 Å². The maximum Gasteiger partial charge on any atom is -0.00135 e. The van der Waals surface area contributed by atoms with E-state index in [2.05, 4.69) is 48.5 Å². The van der Waals surface area contributed by atoms with Gasteiger partial charge in [-0.2, -0.15) is 0 Å². The minimum atomic E-state index is 0. The lowest BCUT2D eigenvalue weighted by molar-refractivity contribution is 1.26. The van der Waals surface area contributed by atoms with Crippen LogP contribution >= 0.6 is 0 Å². The van der Waals surface area contributed by atoms with Crippen LogP contribution in [0.3, 0.4) is 0 Å². The summed E-state index contributed by atoms with van der Waals surface area (Å²) in [4.78, 5) is 0. The number of hydrogen-bond acceptors (Lipinski definition) is 0. The molecule has 0 amide bonds. The molecular weight excluding hydrogens is 180 g/mol. The van der Waals surface area contributed by atoms with Gasteiger partial charge >= 0.3 is 0 Å². The molecule has 0 heteroatoms. The summed E-state index contributed by atoms with van der Waals surface area (Å²) in [6.07, 6.45) is 1.10. The Morgan fingerprint density at radius 1 is 0.600 bits per heavy atom. The monoisotopic (exact) mass is 198 g/mol. The van der Waals surface area contributed by atoms with Gasteiger partial charge in [-0.15, -0.1) is 0 Å². The predicted molar refractivity (Wildman–Crippen MR) is 68.1 cm³/mol. The predicted octanol–water partition coefficient (Wildman–Crippen LogP) is 4.53. The highest BCUT2D eigenvalue weighted by atomic mass is 14.2. The molecule has 0 aliphatic heterocycles. The zero-order valence-corrected chi connectivity index (χ0v) is 7.33. The van der Waals surface area contributed by atoms with E-state index in [1.807, 2.05) is 0 Å². The van der Waals surface area contributed by atoms with E-state index < -0.39 is 0 Å². The van der Waals surface area contributed by atoms with E-state index in [0.29, 0.717) is 0 Å². The standard InChI is InChI=1S/C13H10.2CH4/c1-3-7-12-10(5-1)9-11-6-2-4-8-13(11)12;;/h1-8H,9H2;2*1H4. The van der Waals surface area contributed by atoms with Crippen LogP contribution in [0.25, 0.3) is 11.1 Å². The molecule has 0 atom stereocenters. The fourth-order valence-electron chi connectivity index (χ4n) is 2.08. The SMILES string of the molecule is C.C.c1ccc2c(c1)Cc1ccccc1-2. The zero-order valence-electron chi connectivity index (χ0n) is 7.33. The second kappa shape index (κ2) is 4.31. The highest BCUT2D eigenvalue weighted by Crippen LogP contribution is 2.35. The number of hydrogen-bond donors (Lipinski definition) is 0. The second-order valence-corrected chi connectivity index (χ2v) is 3.49. The van der Waals surface area contributed by atoms with Gasteiger partial charge < -0.3 is 0 Å². The third-order valence-corrected chi connectivity index (χ3v) is 2.71. The normalized spacial score (nSPS) is 10.7. The molecule has 2 aromatic rings. The summed E-state index contributed by atoms with van der Waals surface area (Å²) in [6.45, 7) is 0. The van der Waals surface area contributed by atoms with E-state index in [1.165, 1.54) is 22.3 Å². The second-order valence-electron chi connectivity index (χ2n) is 3.49. The highest BCUT2D eigenvalue weighted by molar-refractivity contribution is 5.76. The van der Waals surface area contributed by atoms with Crippen LogP contribution in [0.1, 0.15) is 26.0 Å². The average Bonchev–Trinajstić information content (AvgIpc) is 2.56. The minimum absolute atomic E-state index is 0. The van der Waals surface area contributed by atoms with Crippen LogP contribution in [-0.4, -0.2) is 0 Å². The lowest BCUT2D eigenvalue weighted by Crippen LogP contribution is -1.77. The van der Waals surface area contributed by atoms with Crippen LogP contribution < -0.4 is 0 Å². The molecule has 0 nitrogen and oxygen atoms in total. The van der Waals surface area contributed by atoms with Crippen LogP contribution in [0.4, 0.5) is 0 Å².